The maximum absolute atomic E-state index is 12.7. The minimum atomic E-state index is -0.258. The Morgan fingerprint density at radius 2 is 2.19 bits per heavy atom. The van der Waals surface area contributed by atoms with Crippen LogP contribution in [0.25, 0.3) is 0 Å². The molecule has 1 aliphatic heterocycles. The van der Waals surface area contributed by atoms with Crippen molar-refractivity contribution in [2.75, 3.05) is 13.7 Å². The molecule has 0 radical (unpaired) electrons. The van der Waals surface area contributed by atoms with Gasteiger partial charge in [-0.25, -0.2) is 0 Å². The Kier molecular flexibility index (Phi) is 2.80. The number of amides is 1. The molecule has 0 aromatic heterocycles. The van der Waals surface area contributed by atoms with Crippen molar-refractivity contribution in [2.24, 2.45) is 11.8 Å². The van der Waals surface area contributed by atoms with Crippen molar-refractivity contribution in [3.8, 4) is 5.75 Å². The van der Waals surface area contributed by atoms with Gasteiger partial charge in [0.2, 0.25) is 5.91 Å². The van der Waals surface area contributed by atoms with E-state index in [1.807, 2.05) is 18.2 Å². The van der Waals surface area contributed by atoms with Gasteiger partial charge in [0.05, 0.1) is 7.11 Å². The Bertz CT molecular complexity index is 582. The van der Waals surface area contributed by atoms with Crippen LogP contribution in [0.5, 0.6) is 5.75 Å². The third kappa shape index (κ3) is 2.13. The summed E-state index contributed by atoms with van der Waals surface area (Å²) in [4.78, 5) is 14.8. The highest BCUT2D eigenvalue weighted by molar-refractivity contribution is 5.92. The van der Waals surface area contributed by atoms with E-state index in [0.29, 0.717) is 11.8 Å². The number of rotatable bonds is 4. The minimum absolute atomic E-state index is 0.00269. The molecule has 2 saturated carbocycles. The second-order valence-electron chi connectivity index (χ2n) is 6.84. The minimum Gasteiger partial charge on any atom is -0.497 e. The van der Waals surface area contributed by atoms with Crippen LogP contribution < -0.4 is 10.1 Å². The van der Waals surface area contributed by atoms with E-state index >= 15 is 0 Å². The zero-order valence-electron chi connectivity index (χ0n) is 12.6. The maximum Gasteiger partial charge on any atom is 0.244 e. The molecule has 2 aliphatic carbocycles. The first-order valence-electron chi connectivity index (χ1n) is 7.86. The Morgan fingerprint density at radius 3 is 2.81 bits per heavy atom. The summed E-state index contributed by atoms with van der Waals surface area (Å²) in [6.45, 7) is 3.16. The number of hydrogen-bond acceptors (Lipinski definition) is 3. The van der Waals surface area contributed by atoms with Crippen LogP contribution in [-0.2, 0) is 4.79 Å². The molecule has 4 nitrogen and oxygen atoms in total. The standard InChI is InChI=1S/C17H22N2O2/c1-11-8-13(11)10-19-15(18-17(6-7-17)16(19)20)12-4-3-5-14(9-12)21-2/h3-5,9,11,13,15,18H,6-8,10H2,1-2H3. The first-order valence-corrected chi connectivity index (χ1v) is 7.86. The van der Waals surface area contributed by atoms with Crippen molar-refractivity contribution in [1.82, 2.24) is 10.2 Å². The van der Waals surface area contributed by atoms with Gasteiger partial charge in [0, 0.05) is 6.54 Å². The fourth-order valence-corrected chi connectivity index (χ4v) is 3.45. The van der Waals surface area contributed by atoms with Crippen molar-refractivity contribution >= 4 is 5.91 Å². The van der Waals surface area contributed by atoms with Gasteiger partial charge in [-0.05, 0) is 48.8 Å². The predicted octanol–water partition coefficient (Wildman–Crippen LogP) is 2.31. The first kappa shape index (κ1) is 13.1. The summed E-state index contributed by atoms with van der Waals surface area (Å²) in [6.07, 6.45) is 3.20. The second kappa shape index (κ2) is 4.47. The second-order valence-corrected chi connectivity index (χ2v) is 6.84. The molecule has 3 aliphatic rings. The Morgan fingerprint density at radius 1 is 1.43 bits per heavy atom. The quantitative estimate of drug-likeness (QED) is 0.923. The Balaban J connectivity index is 1.62. The summed E-state index contributed by atoms with van der Waals surface area (Å²) in [5.74, 6) is 2.59. The van der Waals surface area contributed by atoms with Crippen LogP contribution in [0.2, 0.25) is 0 Å². The molecule has 1 aromatic carbocycles. The van der Waals surface area contributed by atoms with Gasteiger partial charge in [-0.3, -0.25) is 10.1 Å². The van der Waals surface area contributed by atoms with Gasteiger partial charge >= 0.3 is 0 Å². The number of ether oxygens (including phenoxy) is 1. The molecule has 112 valence electrons. The highest BCUT2D eigenvalue weighted by atomic mass is 16.5. The molecule has 1 saturated heterocycles. The number of methoxy groups -OCH3 is 1. The summed E-state index contributed by atoms with van der Waals surface area (Å²) in [5.41, 5.74) is 0.867. The highest BCUT2D eigenvalue weighted by Gasteiger charge is 2.60. The van der Waals surface area contributed by atoms with Crippen LogP contribution in [0, 0.1) is 11.8 Å². The largest absolute Gasteiger partial charge is 0.497 e. The third-order valence-electron chi connectivity index (χ3n) is 5.26. The predicted molar refractivity (Wildman–Crippen MR) is 79.8 cm³/mol. The monoisotopic (exact) mass is 286 g/mol. The Hall–Kier alpha value is -1.55. The lowest BCUT2D eigenvalue weighted by Gasteiger charge is -2.25. The maximum atomic E-state index is 12.7. The van der Waals surface area contributed by atoms with Gasteiger partial charge in [-0.15, -0.1) is 0 Å². The fourth-order valence-electron chi connectivity index (χ4n) is 3.45. The SMILES string of the molecule is COc1cccc(C2NC3(CC3)C(=O)N2CC2CC2C)c1. The van der Waals surface area contributed by atoms with E-state index in [-0.39, 0.29) is 11.7 Å². The average molecular weight is 286 g/mol. The highest BCUT2D eigenvalue weighted by Crippen LogP contribution is 2.48. The molecule has 1 N–H and O–H groups in total. The molecule has 1 heterocycles. The fraction of sp³-hybridized carbons (Fsp3) is 0.588. The number of nitrogens with zero attached hydrogens (tertiary/aromatic N) is 1. The third-order valence-corrected chi connectivity index (χ3v) is 5.26. The van der Waals surface area contributed by atoms with Crippen molar-refractivity contribution in [3.63, 3.8) is 0 Å². The topological polar surface area (TPSA) is 41.6 Å². The van der Waals surface area contributed by atoms with E-state index in [1.165, 1.54) is 6.42 Å². The lowest BCUT2D eigenvalue weighted by atomic mass is 10.1. The van der Waals surface area contributed by atoms with Gasteiger partial charge in [-0.2, -0.15) is 0 Å². The number of hydrogen-bond donors (Lipinski definition) is 1. The van der Waals surface area contributed by atoms with Crippen LogP contribution in [0.4, 0.5) is 0 Å². The average Bonchev–Trinajstić information content (AvgIpc) is 3.39. The first-order chi connectivity index (χ1) is 10.1. The van der Waals surface area contributed by atoms with Crippen LogP contribution in [0.1, 0.15) is 37.9 Å². The van der Waals surface area contributed by atoms with Crippen LogP contribution in [0.15, 0.2) is 24.3 Å². The smallest absolute Gasteiger partial charge is 0.244 e. The van der Waals surface area contributed by atoms with Crippen LogP contribution >= 0.6 is 0 Å². The number of nitrogens with one attached hydrogen (secondary N) is 1. The van der Waals surface area contributed by atoms with Gasteiger partial charge < -0.3 is 9.64 Å². The van der Waals surface area contributed by atoms with Crippen LogP contribution in [0.3, 0.4) is 0 Å². The summed E-state index contributed by atoms with van der Waals surface area (Å²) >= 11 is 0. The number of carbonyl (C=O) groups is 1. The van der Waals surface area contributed by atoms with Crippen molar-refractivity contribution in [2.45, 2.75) is 37.9 Å². The van der Waals surface area contributed by atoms with Crippen LogP contribution in [-0.4, -0.2) is 30.0 Å². The molecule has 4 rings (SSSR count). The van der Waals surface area contributed by atoms with Crippen molar-refractivity contribution in [3.05, 3.63) is 29.8 Å². The molecule has 3 fully saturated rings. The molecule has 1 amide bonds. The van der Waals surface area contributed by atoms with Gasteiger partial charge in [0.25, 0.3) is 0 Å². The van der Waals surface area contributed by atoms with Gasteiger partial charge in [-0.1, -0.05) is 19.1 Å². The summed E-state index contributed by atoms with van der Waals surface area (Å²) in [5, 5.41) is 3.58. The molecule has 3 unspecified atom stereocenters. The van der Waals surface area contributed by atoms with Gasteiger partial charge in [0.1, 0.15) is 17.5 Å². The normalized spacial score (nSPS) is 32.6. The van der Waals surface area contributed by atoms with E-state index < -0.39 is 0 Å². The molecule has 0 bridgehead atoms. The lowest BCUT2D eigenvalue weighted by molar-refractivity contribution is -0.131. The van der Waals surface area contributed by atoms with E-state index in [0.717, 1.165) is 36.6 Å². The zero-order valence-corrected chi connectivity index (χ0v) is 12.6. The van der Waals surface area contributed by atoms with Gasteiger partial charge in [0.15, 0.2) is 0 Å². The number of carbonyl (C=O) groups excluding carboxylic acids is 1. The van der Waals surface area contributed by atoms with E-state index in [2.05, 4.69) is 23.2 Å². The Labute approximate surface area is 125 Å². The van der Waals surface area contributed by atoms with E-state index in [4.69, 9.17) is 4.74 Å². The lowest BCUT2D eigenvalue weighted by Crippen LogP contribution is -2.33. The molecule has 3 atom stereocenters. The molecule has 1 spiro atoms. The summed E-state index contributed by atoms with van der Waals surface area (Å²) < 4.78 is 5.32. The summed E-state index contributed by atoms with van der Waals surface area (Å²) in [7, 11) is 1.68. The van der Waals surface area contributed by atoms with E-state index in [1.54, 1.807) is 7.11 Å². The zero-order chi connectivity index (χ0) is 14.6. The van der Waals surface area contributed by atoms with Crippen molar-refractivity contribution < 1.29 is 9.53 Å². The van der Waals surface area contributed by atoms with Crippen molar-refractivity contribution in [1.29, 1.82) is 0 Å². The molecule has 21 heavy (non-hydrogen) atoms. The molecule has 4 heteroatoms. The molecule has 1 aromatic rings. The summed E-state index contributed by atoms with van der Waals surface area (Å²) in [6, 6.07) is 8.06. The van der Waals surface area contributed by atoms with E-state index in [9.17, 15) is 4.79 Å². The molecular formula is C17H22N2O2. The number of benzene rings is 1. The molecular weight excluding hydrogens is 264 g/mol.